The first kappa shape index (κ1) is 91.0. The molecule has 8 N–H and O–H groups in total. The lowest BCUT2D eigenvalue weighted by Crippen LogP contribution is -2.39. The number of halogens is 12. The van der Waals surface area contributed by atoms with Gasteiger partial charge in [0.25, 0.3) is 0 Å². The minimum Gasteiger partial charge on any atom is -0.445 e. The van der Waals surface area contributed by atoms with Crippen LogP contribution in [0, 0.1) is 6.92 Å². The summed E-state index contributed by atoms with van der Waals surface area (Å²) >= 11 is 0. The van der Waals surface area contributed by atoms with E-state index >= 15 is 0 Å². The molecule has 20 rings (SSSR count). The van der Waals surface area contributed by atoms with Crippen molar-refractivity contribution in [3.05, 3.63) is 300 Å². The van der Waals surface area contributed by atoms with Crippen LogP contribution in [0.1, 0.15) is 95.5 Å². The molecule has 1 amide bonds. The highest BCUT2D eigenvalue weighted by Gasteiger charge is 2.41. The van der Waals surface area contributed by atoms with Crippen LogP contribution in [0.3, 0.4) is 0 Å². The van der Waals surface area contributed by atoms with Gasteiger partial charge in [0.15, 0.2) is 52.2 Å². The number of hydrogen-bond donors (Lipinski definition) is 8. The second-order valence-electron chi connectivity index (χ2n) is 31.2. The maximum atomic E-state index is 14.0. The smallest absolute Gasteiger partial charge is 0.417 e. The van der Waals surface area contributed by atoms with Crippen LogP contribution in [0.4, 0.5) is 104 Å². The van der Waals surface area contributed by atoms with E-state index in [0.717, 1.165) is 93.7 Å². The predicted octanol–water partition coefficient (Wildman–Crippen LogP) is 22.7. The van der Waals surface area contributed by atoms with Gasteiger partial charge in [0, 0.05) is 94.0 Å². The molecular formula is C94H76F12N24O4S. The summed E-state index contributed by atoms with van der Waals surface area (Å²) in [6.45, 7) is 2.69. The highest BCUT2D eigenvalue weighted by Crippen LogP contribution is 2.45. The van der Waals surface area contributed by atoms with Gasteiger partial charge in [-0.15, -0.1) is 0 Å². The number of nitrogens with zero attached hydrogens (tertiary/aromatic N) is 16. The number of aryl methyl sites for hydroxylation is 1. The van der Waals surface area contributed by atoms with Gasteiger partial charge in [0.1, 0.15) is 29.9 Å². The lowest BCUT2D eigenvalue weighted by Gasteiger charge is -2.34. The lowest BCUT2D eigenvalue weighted by atomic mass is 9.99. The average molecular weight is 1870 g/mol. The number of benzene rings is 8. The molecule has 0 bridgehead atoms. The monoisotopic (exact) mass is 1860 g/mol. The van der Waals surface area contributed by atoms with Gasteiger partial charge in [-0.05, 0) is 123 Å². The number of sulfonamides is 1. The van der Waals surface area contributed by atoms with Crippen molar-refractivity contribution in [3.63, 3.8) is 0 Å². The number of carbonyl (C=O) groups is 1. The molecule has 0 radical (unpaired) electrons. The topological polar surface area (TPSA) is 359 Å². The van der Waals surface area contributed by atoms with Gasteiger partial charge in [-0.3, -0.25) is 30.3 Å². The first-order chi connectivity index (χ1) is 64.9. The summed E-state index contributed by atoms with van der Waals surface area (Å²) in [5.74, 6) is 2.65. The Bertz CT molecular complexity index is 7460. The van der Waals surface area contributed by atoms with Crippen molar-refractivity contribution >= 4 is 117 Å². The summed E-state index contributed by atoms with van der Waals surface area (Å²) in [7, 11) is -3.57. The minimum atomic E-state index is -4.62. The van der Waals surface area contributed by atoms with E-state index in [1.807, 2.05) is 110 Å². The second kappa shape index (κ2) is 38.5. The lowest BCUT2D eigenvalue weighted by molar-refractivity contribution is -0.137. The molecule has 2 aliphatic rings. The van der Waals surface area contributed by atoms with Crippen molar-refractivity contribution in [1.82, 2.24) is 99.8 Å². The fourth-order valence-corrected chi connectivity index (χ4v) is 16.8. The van der Waals surface area contributed by atoms with Crippen LogP contribution < -0.4 is 21.3 Å². The Kier molecular flexibility index (Phi) is 25.9. The van der Waals surface area contributed by atoms with E-state index in [0.29, 0.717) is 94.9 Å². The zero-order valence-electron chi connectivity index (χ0n) is 71.0. The van der Waals surface area contributed by atoms with Crippen molar-refractivity contribution in [2.45, 2.75) is 88.8 Å². The fourth-order valence-electron chi connectivity index (χ4n) is 15.7. The Balaban J connectivity index is 0.000000127. The molecule has 2 aliphatic heterocycles. The number of pyridine rings is 2. The first-order valence-electron chi connectivity index (χ1n) is 41.9. The number of amides is 1. The molecule has 18 aromatic rings. The summed E-state index contributed by atoms with van der Waals surface area (Å²) in [5.41, 5.74) is 1.67. The molecule has 10 aromatic heterocycles. The minimum absolute atomic E-state index is 0.0380. The number of rotatable bonds is 17. The van der Waals surface area contributed by atoms with Gasteiger partial charge in [-0.2, -0.15) is 77.4 Å². The van der Waals surface area contributed by atoms with Gasteiger partial charge in [0.2, 0.25) is 10.0 Å². The van der Waals surface area contributed by atoms with Gasteiger partial charge in [-0.25, -0.2) is 58.1 Å². The van der Waals surface area contributed by atoms with E-state index < -0.39 is 75.2 Å². The van der Waals surface area contributed by atoms with Gasteiger partial charge < -0.3 is 26.0 Å². The Morgan fingerprint density at radius 3 is 1.32 bits per heavy atom. The summed E-state index contributed by atoms with van der Waals surface area (Å²) in [4.78, 5) is 58.4. The zero-order chi connectivity index (χ0) is 94.3. The maximum Gasteiger partial charge on any atom is 0.417 e. The van der Waals surface area contributed by atoms with E-state index in [1.54, 1.807) is 47.5 Å². The molecule has 0 saturated carbocycles. The number of nitrogens with one attached hydrogen (secondary N) is 8. The molecule has 8 aromatic carbocycles. The number of hydrogen-bond acceptors (Lipinski definition) is 22. The van der Waals surface area contributed by atoms with Crippen molar-refractivity contribution in [2.75, 3.05) is 40.6 Å². The molecule has 0 spiro atoms. The number of aromatic amines is 4. The van der Waals surface area contributed by atoms with Crippen molar-refractivity contribution in [3.8, 4) is 45.6 Å². The predicted molar refractivity (Wildman–Crippen MR) is 483 cm³/mol. The molecular weight excluding hydrogens is 1790 g/mol. The summed E-state index contributed by atoms with van der Waals surface area (Å²) in [6, 6.07) is 61.3. The zero-order valence-corrected chi connectivity index (χ0v) is 71.8. The van der Waals surface area contributed by atoms with Crippen LogP contribution in [-0.4, -0.2) is 134 Å². The summed E-state index contributed by atoms with van der Waals surface area (Å²) in [6.07, 6.45) is -8.92. The molecule has 41 heteroatoms. The van der Waals surface area contributed by atoms with E-state index in [4.69, 9.17) is 4.74 Å². The van der Waals surface area contributed by atoms with Crippen LogP contribution in [0.25, 0.3) is 100 Å². The number of likely N-dealkylation sites (tertiary alicyclic amines) is 1. The Hall–Kier alpha value is -15.9. The number of anilines is 8. The van der Waals surface area contributed by atoms with Gasteiger partial charge in [0.05, 0.1) is 84.8 Å². The largest absolute Gasteiger partial charge is 0.445 e. The van der Waals surface area contributed by atoms with E-state index in [1.165, 1.54) is 89.5 Å². The Morgan fingerprint density at radius 1 is 0.407 bits per heavy atom. The number of carbonyl (C=O) groups excluding carboxylic acids is 1. The van der Waals surface area contributed by atoms with Crippen LogP contribution >= 0.6 is 0 Å². The standard InChI is InChI=1S/C31H27F3N6O2.C24H23F3N6O2S.C21H13F3N6.C18H13F3N6/c32-31(33,34)23-14-6-4-12-21(23)28-35-25(18-27(36-28)37-29-22-13-5-7-15-24(22)38-39-29)26-16-8-9-17-40(26)30(41)42-19-20-10-2-1-3-11-20;1-36(34,35)33-13-7-6-12-20(33)19-14-21(30-23-16-9-3-5-11-18(16)31-32-23)29-22(28-19)15-8-2-4-10-17(15)24(25,26)27;22-21(23,24)15-7-3-1-5-12(15)18-26-16-9-10-25-11-14(16)19(27-18)28-20-13-6-2-4-8-17(13)29-30-20;1-10-9-14(27-26-10)23-17-12-6-4-8-22-15(12)24-16(25-17)11-5-2-3-7-13(11)18(19,20)21/h1-7,10-15,18,26H,8-9,16-17,19H2,(H2,35,36,37,38,39);2-5,8-11,14,20H,6-7,12-13H2,1H3,(H2,28,29,30,31,32);1-11H,(H2,26,27,28,29,30);2-9H,1H3,(H2,22,23,24,25,26,27). The quantitative estimate of drug-likeness (QED) is 0.0393. The van der Waals surface area contributed by atoms with Crippen molar-refractivity contribution in [2.24, 2.45) is 0 Å². The maximum absolute atomic E-state index is 14.0. The van der Waals surface area contributed by atoms with Crippen LogP contribution in [0.2, 0.25) is 0 Å². The fraction of sp³-hybridized carbons (Fsp3) is 0.181. The Morgan fingerprint density at radius 2 is 0.830 bits per heavy atom. The molecule has 2 saturated heterocycles. The number of ether oxygens (including phenoxy) is 1. The van der Waals surface area contributed by atoms with Crippen LogP contribution in [0.15, 0.2) is 255 Å². The number of H-pyrrole nitrogens is 4. The third-order valence-electron chi connectivity index (χ3n) is 22.0. The van der Waals surface area contributed by atoms with E-state index in [9.17, 15) is 65.9 Å². The first-order valence-corrected chi connectivity index (χ1v) is 43.8. The van der Waals surface area contributed by atoms with Gasteiger partial charge in [-0.1, -0.05) is 146 Å². The molecule has 686 valence electrons. The number of piperidine rings is 2. The highest BCUT2D eigenvalue weighted by molar-refractivity contribution is 7.88. The molecule has 12 heterocycles. The second-order valence-corrected chi connectivity index (χ2v) is 33.1. The third-order valence-corrected chi connectivity index (χ3v) is 23.2. The molecule has 2 unspecified atom stereocenters. The normalized spacial score (nSPS) is 14.4. The number of alkyl halides is 12. The SMILES string of the molecule is CS(=O)(=O)N1CCCCC1c1cc(Nc2n[nH]c3ccccc23)nc(-c2ccccc2C(F)(F)F)n1.Cc1cc(Nc2nc(-c3ccccc3C(F)(F)F)nc3ncccc23)n[nH]1.FC(F)(F)c1ccccc1-c1nc(Nc2n[nH]c3ccccc23)c2cnccc2n1.O=C(OCc1ccccc1)N1CCCCC1c1cc(Nc2n[nH]c3ccccc23)nc(-c2ccccc2C(F)(F)F)n1. The number of fused-ring (bicyclic) bond motifs is 5. The van der Waals surface area contributed by atoms with Crippen molar-refractivity contribution < 1.29 is 70.6 Å². The summed E-state index contributed by atoms with van der Waals surface area (Å²) < 4.78 is 196. The molecule has 135 heavy (non-hydrogen) atoms. The number of para-hydroxylation sites is 3. The third kappa shape index (κ3) is 20.9. The number of aromatic nitrogens is 18. The summed E-state index contributed by atoms with van der Waals surface area (Å²) in [5, 5.41) is 44.4. The van der Waals surface area contributed by atoms with Crippen LogP contribution in [0.5, 0.6) is 0 Å². The van der Waals surface area contributed by atoms with Crippen LogP contribution in [-0.2, 0) is 46.1 Å². The van der Waals surface area contributed by atoms with E-state index in [2.05, 4.69) is 112 Å². The van der Waals surface area contributed by atoms with Gasteiger partial charge >= 0.3 is 30.8 Å². The highest BCUT2D eigenvalue weighted by atomic mass is 32.2. The van der Waals surface area contributed by atoms with Crippen molar-refractivity contribution in [1.29, 1.82) is 0 Å². The van der Waals surface area contributed by atoms with E-state index in [-0.39, 0.29) is 69.4 Å². The molecule has 28 nitrogen and oxygen atoms in total. The average Bonchev–Trinajstić information content (AvgIpc) is 1.54. The molecule has 0 aliphatic carbocycles. The molecule has 2 fully saturated rings. The Labute approximate surface area is 759 Å². The molecule has 2 atom stereocenters.